The zero-order chi connectivity index (χ0) is 19.9. The van der Waals surface area contributed by atoms with Crippen molar-refractivity contribution >= 4 is 29.3 Å². The largest absolute Gasteiger partial charge is 0.465 e. The Morgan fingerprint density at radius 1 is 1.15 bits per heavy atom. The van der Waals surface area contributed by atoms with E-state index < -0.39 is 29.6 Å². The Kier molecular flexibility index (Phi) is 7.42. The van der Waals surface area contributed by atoms with Crippen LogP contribution in [-0.2, 0) is 14.3 Å². The summed E-state index contributed by atoms with van der Waals surface area (Å²) in [6.45, 7) is 9.28. The first-order chi connectivity index (χ1) is 12.1. The molecule has 0 unspecified atom stereocenters. The highest BCUT2D eigenvalue weighted by atomic mass is 16.6. The Morgan fingerprint density at radius 2 is 1.81 bits per heavy atom. The maximum Gasteiger partial charge on any atom is 0.408 e. The van der Waals surface area contributed by atoms with Crippen molar-refractivity contribution in [2.75, 3.05) is 24.3 Å². The van der Waals surface area contributed by atoms with Gasteiger partial charge in [0.1, 0.15) is 11.6 Å². The molecule has 0 heterocycles. The maximum absolute atomic E-state index is 12.4. The van der Waals surface area contributed by atoms with Gasteiger partial charge in [-0.3, -0.25) is 4.79 Å². The molecule has 0 saturated heterocycles. The summed E-state index contributed by atoms with van der Waals surface area (Å²) < 4.78 is 9.83. The number of nitrogens with one attached hydrogen (secondary N) is 3. The van der Waals surface area contributed by atoms with Crippen molar-refractivity contribution in [2.24, 2.45) is 0 Å². The minimum absolute atomic E-state index is 0.303. The summed E-state index contributed by atoms with van der Waals surface area (Å²) in [5, 5.41) is 8.27. The van der Waals surface area contributed by atoms with Gasteiger partial charge in [-0.15, -0.1) is 0 Å². The first-order valence-electron chi connectivity index (χ1n) is 8.34. The average molecular weight is 365 g/mol. The molecule has 144 valence electrons. The Morgan fingerprint density at radius 3 is 2.35 bits per heavy atom. The van der Waals surface area contributed by atoms with Gasteiger partial charge in [0, 0.05) is 6.54 Å². The van der Waals surface area contributed by atoms with Crippen molar-refractivity contribution in [3.8, 4) is 0 Å². The van der Waals surface area contributed by atoms with E-state index in [0.29, 0.717) is 23.5 Å². The van der Waals surface area contributed by atoms with Crippen LogP contribution in [0.4, 0.5) is 16.2 Å². The second-order valence-corrected chi connectivity index (χ2v) is 6.64. The Hall–Kier alpha value is -2.77. The molecule has 3 N–H and O–H groups in total. The molecule has 0 spiro atoms. The van der Waals surface area contributed by atoms with Gasteiger partial charge in [-0.05, 0) is 52.8 Å². The van der Waals surface area contributed by atoms with Crippen LogP contribution >= 0.6 is 0 Å². The third-order valence-electron chi connectivity index (χ3n) is 3.19. The van der Waals surface area contributed by atoms with Gasteiger partial charge in [0.15, 0.2) is 0 Å². The van der Waals surface area contributed by atoms with E-state index in [1.807, 2.05) is 6.92 Å². The van der Waals surface area contributed by atoms with Gasteiger partial charge in [-0.1, -0.05) is 0 Å². The number of anilines is 2. The van der Waals surface area contributed by atoms with E-state index in [-0.39, 0.29) is 0 Å². The number of methoxy groups -OCH3 is 1. The van der Waals surface area contributed by atoms with Crippen molar-refractivity contribution in [3.63, 3.8) is 0 Å². The normalized spacial score (nSPS) is 11.9. The molecule has 1 atom stereocenters. The second kappa shape index (κ2) is 9.07. The van der Waals surface area contributed by atoms with Crippen LogP contribution in [0.5, 0.6) is 0 Å². The molecule has 8 heteroatoms. The highest BCUT2D eigenvalue weighted by Crippen LogP contribution is 2.24. The van der Waals surface area contributed by atoms with Crippen molar-refractivity contribution in [1.82, 2.24) is 5.32 Å². The molecule has 0 fully saturated rings. The summed E-state index contributed by atoms with van der Waals surface area (Å²) in [6, 6.07) is 3.96. The highest BCUT2D eigenvalue weighted by Gasteiger charge is 2.22. The van der Waals surface area contributed by atoms with E-state index in [2.05, 4.69) is 16.0 Å². The van der Waals surface area contributed by atoms with Crippen LogP contribution in [0.25, 0.3) is 0 Å². The molecule has 8 nitrogen and oxygen atoms in total. The standard InChI is InChI=1S/C18H27N3O5/c1-7-19-13-9-8-12(16(23)25-6)10-14(13)21-15(22)11(2)20-17(24)26-18(3,4)5/h8-11,19H,7H2,1-6H3,(H,20,24)(H,21,22)/t11-/m1/s1. The summed E-state index contributed by atoms with van der Waals surface area (Å²) >= 11 is 0. The van der Waals surface area contributed by atoms with Gasteiger partial charge in [0.25, 0.3) is 0 Å². The smallest absolute Gasteiger partial charge is 0.408 e. The van der Waals surface area contributed by atoms with Gasteiger partial charge < -0.3 is 25.4 Å². The van der Waals surface area contributed by atoms with Crippen molar-refractivity contribution in [1.29, 1.82) is 0 Å². The Labute approximate surface area is 153 Å². The van der Waals surface area contributed by atoms with E-state index in [9.17, 15) is 14.4 Å². The van der Waals surface area contributed by atoms with Gasteiger partial charge in [-0.25, -0.2) is 9.59 Å². The third kappa shape index (κ3) is 6.62. The summed E-state index contributed by atoms with van der Waals surface area (Å²) in [4.78, 5) is 35.9. The molecule has 0 aliphatic carbocycles. The Balaban J connectivity index is 2.89. The van der Waals surface area contributed by atoms with Gasteiger partial charge >= 0.3 is 12.1 Å². The zero-order valence-corrected chi connectivity index (χ0v) is 16.1. The highest BCUT2D eigenvalue weighted by molar-refractivity contribution is 6.00. The van der Waals surface area contributed by atoms with Crippen LogP contribution in [0.1, 0.15) is 45.0 Å². The van der Waals surface area contributed by atoms with Crippen LogP contribution in [0.2, 0.25) is 0 Å². The molecule has 2 amide bonds. The van der Waals surface area contributed by atoms with E-state index in [0.717, 1.165) is 0 Å². The molecule has 0 aromatic heterocycles. The molecule has 0 radical (unpaired) electrons. The van der Waals surface area contributed by atoms with Gasteiger partial charge in [-0.2, -0.15) is 0 Å². The van der Waals surface area contributed by atoms with Crippen LogP contribution in [0.15, 0.2) is 18.2 Å². The molecular weight excluding hydrogens is 338 g/mol. The SMILES string of the molecule is CCNc1ccc(C(=O)OC)cc1NC(=O)[C@@H](C)NC(=O)OC(C)(C)C. The van der Waals surface area contributed by atoms with E-state index in [1.54, 1.807) is 32.9 Å². The molecule has 0 bridgehead atoms. The van der Waals surface area contributed by atoms with Gasteiger partial charge in [0.2, 0.25) is 5.91 Å². The lowest BCUT2D eigenvalue weighted by Crippen LogP contribution is -2.44. The number of carbonyl (C=O) groups excluding carboxylic acids is 3. The minimum atomic E-state index is -0.832. The van der Waals surface area contributed by atoms with Crippen molar-refractivity contribution < 1.29 is 23.9 Å². The van der Waals surface area contributed by atoms with Crippen molar-refractivity contribution in [2.45, 2.75) is 46.3 Å². The maximum atomic E-state index is 12.4. The number of alkyl carbamates (subject to hydrolysis) is 1. The van der Waals surface area contributed by atoms with Crippen LogP contribution in [-0.4, -0.2) is 43.3 Å². The number of hydrogen-bond acceptors (Lipinski definition) is 6. The van der Waals surface area contributed by atoms with E-state index in [1.165, 1.54) is 20.1 Å². The summed E-state index contributed by atoms with van der Waals surface area (Å²) in [5.41, 5.74) is 0.709. The number of benzene rings is 1. The number of amides is 2. The molecule has 1 rings (SSSR count). The molecule has 1 aromatic carbocycles. The predicted octanol–water partition coefficient (Wildman–Crippen LogP) is 2.76. The molecule has 1 aromatic rings. The number of esters is 1. The summed E-state index contributed by atoms with van der Waals surface area (Å²) in [6.07, 6.45) is -0.685. The van der Waals surface area contributed by atoms with Gasteiger partial charge in [0.05, 0.1) is 24.0 Å². The fourth-order valence-corrected chi connectivity index (χ4v) is 2.03. The quantitative estimate of drug-likeness (QED) is 0.670. The zero-order valence-electron chi connectivity index (χ0n) is 16.1. The number of hydrogen-bond donors (Lipinski definition) is 3. The third-order valence-corrected chi connectivity index (χ3v) is 3.19. The lowest BCUT2D eigenvalue weighted by atomic mass is 10.1. The van der Waals surface area contributed by atoms with E-state index in [4.69, 9.17) is 9.47 Å². The lowest BCUT2D eigenvalue weighted by Gasteiger charge is -2.22. The fraction of sp³-hybridized carbons (Fsp3) is 0.500. The molecule has 0 aliphatic heterocycles. The summed E-state index contributed by atoms with van der Waals surface area (Å²) in [5.74, 6) is -0.958. The first-order valence-corrected chi connectivity index (χ1v) is 8.34. The molecular formula is C18H27N3O5. The van der Waals surface area contributed by atoms with Crippen LogP contribution in [0, 0.1) is 0 Å². The molecule has 0 saturated carbocycles. The van der Waals surface area contributed by atoms with Crippen LogP contribution < -0.4 is 16.0 Å². The van der Waals surface area contributed by atoms with Crippen molar-refractivity contribution in [3.05, 3.63) is 23.8 Å². The Bertz CT molecular complexity index is 667. The average Bonchev–Trinajstić information content (AvgIpc) is 2.53. The number of rotatable bonds is 6. The summed E-state index contributed by atoms with van der Waals surface area (Å²) in [7, 11) is 1.28. The molecule has 0 aliphatic rings. The predicted molar refractivity (Wildman–Crippen MR) is 99.4 cm³/mol. The lowest BCUT2D eigenvalue weighted by molar-refractivity contribution is -0.117. The fourth-order valence-electron chi connectivity index (χ4n) is 2.03. The monoisotopic (exact) mass is 365 g/mol. The molecule has 26 heavy (non-hydrogen) atoms. The number of carbonyl (C=O) groups is 3. The second-order valence-electron chi connectivity index (χ2n) is 6.64. The topological polar surface area (TPSA) is 106 Å². The van der Waals surface area contributed by atoms with E-state index >= 15 is 0 Å². The first kappa shape index (κ1) is 21.3. The van der Waals surface area contributed by atoms with Crippen LogP contribution in [0.3, 0.4) is 0 Å². The number of ether oxygens (including phenoxy) is 2. The minimum Gasteiger partial charge on any atom is -0.465 e.